The van der Waals surface area contributed by atoms with Crippen LogP contribution in [0.25, 0.3) is 0 Å². The SMILES string of the molecule is COc1cc(OC)cc([C@H]2c3cccn3CCCN2Cc2cccc(Oc3ccccc3)c2)c1. The summed E-state index contributed by atoms with van der Waals surface area (Å²) < 4.78 is 19.6. The van der Waals surface area contributed by atoms with Gasteiger partial charge in [0.25, 0.3) is 0 Å². The van der Waals surface area contributed by atoms with Crippen molar-refractivity contribution in [1.82, 2.24) is 9.47 Å². The highest BCUT2D eigenvalue weighted by atomic mass is 16.5. The van der Waals surface area contributed by atoms with Crippen molar-refractivity contribution in [2.45, 2.75) is 25.6 Å². The second-order valence-corrected chi connectivity index (χ2v) is 8.56. The van der Waals surface area contributed by atoms with Crippen LogP contribution >= 0.6 is 0 Å². The van der Waals surface area contributed by atoms with Gasteiger partial charge in [-0.05, 0) is 66.1 Å². The second kappa shape index (κ2) is 10.1. The molecule has 0 spiro atoms. The van der Waals surface area contributed by atoms with Crippen LogP contribution in [0.5, 0.6) is 23.0 Å². The van der Waals surface area contributed by atoms with Crippen LogP contribution < -0.4 is 14.2 Å². The summed E-state index contributed by atoms with van der Waals surface area (Å²) in [4.78, 5) is 2.54. The van der Waals surface area contributed by atoms with Gasteiger partial charge in [0.2, 0.25) is 0 Å². The van der Waals surface area contributed by atoms with Crippen molar-refractivity contribution in [3.8, 4) is 23.0 Å². The van der Waals surface area contributed by atoms with Crippen molar-refractivity contribution >= 4 is 0 Å². The highest BCUT2D eigenvalue weighted by molar-refractivity contribution is 5.43. The minimum absolute atomic E-state index is 0.0835. The number of fused-ring (bicyclic) bond motifs is 1. The van der Waals surface area contributed by atoms with Crippen molar-refractivity contribution in [1.29, 1.82) is 0 Å². The van der Waals surface area contributed by atoms with Gasteiger partial charge in [0.05, 0.1) is 20.3 Å². The van der Waals surface area contributed by atoms with Gasteiger partial charge >= 0.3 is 0 Å². The summed E-state index contributed by atoms with van der Waals surface area (Å²) in [6, 6.07) is 28.9. The van der Waals surface area contributed by atoms with Gasteiger partial charge in [-0.25, -0.2) is 0 Å². The van der Waals surface area contributed by atoms with Gasteiger partial charge in [0.1, 0.15) is 23.0 Å². The van der Waals surface area contributed by atoms with E-state index in [1.54, 1.807) is 14.2 Å². The van der Waals surface area contributed by atoms with E-state index in [0.29, 0.717) is 0 Å². The van der Waals surface area contributed by atoms with Gasteiger partial charge in [0, 0.05) is 37.6 Å². The summed E-state index contributed by atoms with van der Waals surface area (Å²) in [5.74, 6) is 3.29. The van der Waals surface area contributed by atoms with E-state index in [4.69, 9.17) is 14.2 Å². The molecule has 34 heavy (non-hydrogen) atoms. The maximum Gasteiger partial charge on any atom is 0.127 e. The molecule has 1 aliphatic rings. The van der Waals surface area contributed by atoms with Gasteiger partial charge in [-0.2, -0.15) is 0 Å². The predicted octanol–water partition coefficient (Wildman–Crippen LogP) is 6.29. The molecule has 3 aromatic carbocycles. The summed E-state index contributed by atoms with van der Waals surface area (Å²) in [5, 5.41) is 0. The Bertz CT molecular complexity index is 1210. The average Bonchev–Trinajstić information content (AvgIpc) is 3.25. The number of ether oxygens (including phenoxy) is 3. The van der Waals surface area contributed by atoms with Gasteiger partial charge in [-0.1, -0.05) is 30.3 Å². The molecule has 1 atom stereocenters. The average molecular weight is 455 g/mol. The molecule has 174 valence electrons. The first-order valence-corrected chi connectivity index (χ1v) is 11.7. The molecule has 0 saturated carbocycles. The fourth-order valence-electron chi connectivity index (χ4n) is 4.75. The zero-order chi connectivity index (χ0) is 23.3. The number of methoxy groups -OCH3 is 2. The monoisotopic (exact) mass is 454 g/mol. The third-order valence-corrected chi connectivity index (χ3v) is 6.31. The fraction of sp³-hybridized carbons (Fsp3) is 0.241. The number of para-hydroxylation sites is 1. The largest absolute Gasteiger partial charge is 0.497 e. The lowest BCUT2D eigenvalue weighted by Crippen LogP contribution is -2.29. The number of nitrogens with zero attached hydrogens (tertiary/aromatic N) is 2. The highest BCUT2D eigenvalue weighted by Gasteiger charge is 2.28. The maximum absolute atomic E-state index is 6.09. The van der Waals surface area contributed by atoms with E-state index in [2.05, 4.69) is 58.1 Å². The van der Waals surface area contributed by atoms with E-state index in [9.17, 15) is 0 Å². The Balaban J connectivity index is 1.48. The molecule has 0 N–H and O–H groups in total. The van der Waals surface area contributed by atoms with Crippen LogP contribution in [0.15, 0.2) is 91.1 Å². The van der Waals surface area contributed by atoms with Gasteiger partial charge in [0.15, 0.2) is 0 Å². The third kappa shape index (κ3) is 4.80. The van der Waals surface area contributed by atoms with E-state index < -0.39 is 0 Å². The molecule has 0 unspecified atom stereocenters. The highest BCUT2D eigenvalue weighted by Crippen LogP contribution is 2.37. The van der Waals surface area contributed by atoms with Crippen LogP contribution in [-0.2, 0) is 13.1 Å². The van der Waals surface area contributed by atoms with E-state index in [1.807, 2.05) is 42.5 Å². The molecule has 0 bridgehead atoms. The Morgan fingerprint density at radius 2 is 1.50 bits per heavy atom. The molecule has 5 heteroatoms. The zero-order valence-corrected chi connectivity index (χ0v) is 19.7. The van der Waals surface area contributed by atoms with Crippen LogP contribution in [0.4, 0.5) is 0 Å². The smallest absolute Gasteiger partial charge is 0.127 e. The van der Waals surface area contributed by atoms with Gasteiger partial charge < -0.3 is 18.8 Å². The molecule has 0 radical (unpaired) electrons. The number of hydrogen-bond donors (Lipinski definition) is 0. The summed E-state index contributed by atoms with van der Waals surface area (Å²) >= 11 is 0. The fourth-order valence-corrected chi connectivity index (χ4v) is 4.75. The third-order valence-electron chi connectivity index (χ3n) is 6.31. The first kappa shape index (κ1) is 22.1. The molecule has 0 amide bonds. The van der Waals surface area contributed by atoms with Gasteiger partial charge in [-0.15, -0.1) is 0 Å². The standard InChI is InChI=1S/C29H30N2O3/c1-32-26-18-23(19-27(20-26)33-2)29-28-13-7-14-30(28)15-8-16-31(29)21-22-9-6-12-25(17-22)34-24-10-4-3-5-11-24/h3-7,9-14,17-20,29H,8,15-16,21H2,1-2H3/t29-/m0/s1. The lowest BCUT2D eigenvalue weighted by atomic mass is 10.00. The molecule has 1 aromatic heterocycles. The Kier molecular flexibility index (Phi) is 6.54. The predicted molar refractivity (Wildman–Crippen MR) is 134 cm³/mol. The normalized spacial score (nSPS) is 15.9. The zero-order valence-electron chi connectivity index (χ0n) is 19.7. The van der Waals surface area contributed by atoms with Gasteiger partial charge in [-0.3, -0.25) is 4.90 Å². The first-order chi connectivity index (χ1) is 16.7. The van der Waals surface area contributed by atoms with Crippen LogP contribution in [0.2, 0.25) is 0 Å². The summed E-state index contributed by atoms with van der Waals surface area (Å²) in [5.41, 5.74) is 3.66. The molecular weight excluding hydrogens is 424 g/mol. The van der Waals surface area contributed by atoms with Crippen LogP contribution in [0, 0.1) is 0 Å². The molecular formula is C29H30N2O3. The van der Waals surface area contributed by atoms with Crippen molar-refractivity contribution in [2.24, 2.45) is 0 Å². The number of aromatic nitrogens is 1. The molecule has 4 aromatic rings. The van der Waals surface area contributed by atoms with Crippen molar-refractivity contribution in [2.75, 3.05) is 20.8 Å². The number of benzene rings is 3. The van der Waals surface area contributed by atoms with E-state index in [0.717, 1.165) is 54.6 Å². The molecule has 0 saturated heterocycles. The second-order valence-electron chi connectivity index (χ2n) is 8.56. The Hall–Kier alpha value is -3.70. The van der Waals surface area contributed by atoms with Crippen LogP contribution in [0.3, 0.4) is 0 Å². The maximum atomic E-state index is 6.09. The summed E-state index contributed by atoms with van der Waals surface area (Å²) in [6.07, 6.45) is 3.26. The molecule has 2 heterocycles. The van der Waals surface area contributed by atoms with Crippen molar-refractivity contribution < 1.29 is 14.2 Å². The van der Waals surface area contributed by atoms with Crippen LogP contribution in [0.1, 0.15) is 29.3 Å². The Morgan fingerprint density at radius 3 is 2.26 bits per heavy atom. The van der Waals surface area contributed by atoms with Crippen molar-refractivity contribution in [3.63, 3.8) is 0 Å². The summed E-state index contributed by atoms with van der Waals surface area (Å²) in [6.45, 7) is 2.80. The number of rotatable bonds is 7. The Morgan fingerprint density at radius 1 is 0.735 bits per heavy atom. The number of aryl methyl sites for hydroxylation is 1. The van der Waals surface area contributed by atoms with E-state index in [1.165, 1.54) is 11.3 Å². The quantitative estimate of drug-likeness (QED) is 0.329. The number of hydrogen-bond acceptors (Lipinski definition) is 4. The molecule has 0 fully saturated rings. The van der Waals surface area contributed by atoms with Crippen LogP contribution in [-0.4, -0.2) is 30.2 Å². The summed E-state index contributed by atoms with van der Waals surface area (Å²) in [7, 11) is 3.40. The minimum Gasteiger partial charge on any atom is -0.497 e. The van der Waals surface area contributed by atoms with Crippen molar-refractivity contribution in [3.05, 3.63) is 108 Å². The molecule has 0 aliphatic carbocycles. The van der Waals surface area contributed by atoms with E-state index in [-0.39, 0.29) is 6.04 Å². The molecule has 1 aliphatic heterocycles. The lowest BCUT2D eigenvalue weighted by molar-refractivity contribution is 0.219. The Labute approximate surface area is 201 Å². The first-order valence-electron chi connectivity index (χ1n) is 11.7. The minimum atomic E-state index is 0.0835. The molecule has 5 rings (SSSR count). The van der Waals surface area contributed by atoms with E-state index >= 15 is 0 Å². The topological polar surface area (TPSA) is 35.9 Å². The molecule has 5 nitrogen and oxygen atoms in total. The lowest BCUT2D eigenvalue weighted by Gasteiger charge is -2.31.